The number of carbonyl (C=O) groups is 2. The summed E-state index contributed by atoms with van der Waals surface area (Å²) in [7, 11) is 0. The van der Waals surface area contributed by atoms with Gasteiger partial charge in [-0.2, -0.15) is 0 Å². The third kappa shape index (κ3) is 4.10. The Balaban J connectivity index is 1.50. The maximum atomic E-state index is 12.6. The van der Waals surface area contributed by atoms with Crippen molar-refractivity contribution in [2.45, 2.75) is 33.2 Å². The Morgan fingerprint density at radius 2 is 1.84 bits per heavy atom. The minimum Gasteiger partial charge on any atom is -0.466 e. The monoisotopic (exact) mass is 340 g/mol. The number of aryl methyl sites for hydroxylation is 2. The summed E-state index contributed by atoms with van der Waals surface area (Å²) in [6.45, 7) is 5.40. The van der Waals surface area contributed by atoms with Crippen molar-refractivity contribution in [2.75, 3.05) is 13.1 Å². The minimum atomic E-state index is -0.0278. The average Bonchev–Trinajstić information content (AvgIpc) is 2.98. The molecule has 2 heterocycles. The molecule has 2 aromatic rings. The lowest BCUT2D eigenvalue weighted by Gasteiger charge is -2.31. The van der Waals surface area contributed by atoms with Crippen LogP contribution in [0.25, 0.3) is 0 Å². The third-order valence-corrected chi connectivity index (χ3v) is 4.73. The fraction of sp³-hybridized carbons (Fsp3) is 0.400. The van der Waals surface area contributed by atoms with Crippen LogP contribution in [0.3, 0.4) is 0 Å². The second-order valence-corrected chi connectivity index (χ2v) is 6.60. The fourth-order valence-corrected chi connectivity index (χ4v) is 3.29. The van der Waals surface area contributed by atoms with Crippen LogP contribution in [0.5, 0.6) is 0 Å². The summed E-state index contributed by atoms with van der Waals surface area (Å²) in [4.78, 5) is 26.8. The highest BCUT2D eigenvalue weighted by molar-refractivity contribution is 5.95. The van der Waals surface area contributed by atoms with E-state index < -0.39 is 0 Å². The minimum absolute atomic E-state index is 0.00232. The number of carbonyl (C=O) groups excluding carboxylic acids is 2. The highest BCUT2D eigenvalue weighted by Crippen LogP contribution is 2.22. The average molecular weight is 340 g/mol. The van der Waals surface area contributed by atoms with E-state index in [0.717, 1.165) is 11.3 Å². The van der Waals surface area contributed by atoms with Crippen molar-refractivity contribution >= 4 is 11.8 Å². The predicted octanol–water partition coefficient (Wildman–Crippen LogP) is 3.07. The summed E-state index contributed by atoms with van der Waals surface area (Å²) < 4.78 is 5.45. The Hall–Kier alpha value is -2.56. The molecule has 1 aliphatic rings. The van der Waals surface area contributed by atoms with Gasteiger partial charge in [0.25, 0.3) is 5.91 Å². The predicted molar refractivity (Wildman–Crippen MR) is 95.1 cm³/mol. The molecule has 5 nitrogen and oxygen atoms in total. The lowest BCUT2D eigenvalue weighted by molar-refractivity contribution is -0.126. The summed E-state index contributed by atoms with van der Waals surface area (Å²) in [6.07, 6.45) is 1.39. The molecule has 1 aliphatic heterocycles. The standard InChI is InChI=1S/C20H24N2O3/c1-14-12-18(15(2)25-14)20(24)22-10-8-17(9-11-22)19(23)21-13-16-6-4-3-5-7-16/h3-7,12,17H,8-11,13H2,1-2H3,(H,21,23). The number of rotatable bonds is 4. The number of hydrogen-bond donors (Lipinski definition) is 1. The highest BCUT2D eigenvalue weighted by atomic mass is 16.3. The molecule has 2 amide bonds. The Bertz CT molecular complexity index is 744. The molecule has 5 heteroatoms. The van der Waals surface area contributed by atoms with Crippen LogP contribution in [0.15, 0.2) is 40.8 Å². The first-order chi connectivity index (χ1) is 12.0. The molecule has 25 heavy (non-hydrogen) atoms. The Morgan fingerprint density at radius 1 is 1.16 bits per heavy atom. The Labute approximate surface area is 148 Å². The van der Waals surface area contributed by atoms with Gasteiger partial charge in [0.15, 0.2) is 0 Å². The van der Waals surface area contributed by atoms with Gasteiger partial charge in [0.2, 0.25) is 5.91 Å². The van der Waals surface area contributed by atoms with E-state index in [1.807, 2.05) is 49.1 Å². The van der Waals surface area contributed by atoms with Crippen LogP contribution >= 0.6 is 0 Å². The zero-order valence-corrected chi connectivity index (χ0v) is 14.7. The summed E-state index contributed by atoms with van der Waals surface area (Å²) in [6, 6.07) is 11.7. The zero-order valence-electron chi connectivity index (χ0n) is 14.7. The first-order valence-corrected chi connectivity index (χ1v) is 8.72. The molecule has 1 saturated heterocycles. The fourth-order valence-electron chi connectivity index (χ4n) is 3.29. The van der Waals surface area contributed by atoms with Gasteiger partial charge in [-0.25, -0.2) is 0 Å². The van der Waals surface area contributed by atoms with E-state index in [9.17, 15) is 9.59 Å². The molecule has 3 rings (SSSR count). The number of amides is 2. The van der Waals surface area contributed by atoms with Crippen LogP contribution in [0.2, 0.25) is 0 Å². The number of hydrogen-bond acceptors (Lipinski definition) is 3. The topological polar surface area (TPSA) is 62.6 Å². The highest BCUT2D eigenvalue weighted by Gasteiger charge is 2.29. The van der Waals surface area contributed by atoms with Gasteiger partial charge in [-0.15, -0.1) is 0 Å². The molecule has 0 spiro atoms. The molecular weight excluding hydrogens is 316 g/mol. The van der Waals surface area contributed by atoms with Crippen molar-refractivity contribution in [3.63, 3.8) is 0 Å². The van der Waals surface area contributed by atoms with Crippen molar-refractivity contribution in [3.8, 4) is 0 Å². The first kappa shape index (κ1) is 17.3. The lowest BCUT2D eigenvalue weighted by Crippen LogP contribution is -2.43. The molecule has 0 bridgehead atoms. The van der Waals surface area contributed by atoms with Crippen LogP contribution in [0.1, 0.15) is 40.3 Å². The van der Waals surface area contributed by atoms with E-state index in [2.05, 4.69) is 5.32 Å². The van der Waals surface area contributed by atoms with Crippen molar-refractivity contribution in [2.24, 2.45) is 5.92 Å². The molecule has 132 valence electrons. The molecule has 1 N–H and O–H groups in total. The lowest BCUT2D eigenvalue weighted by atomic mass is 9.95. The SMILES string of the molecule is Cc1cc(C(=O)N2CCC(C(=O)NCc3ccccc3)CC2)c(C)o1. The van der Waals surface area contributed by atoms with Gasteiger partial charge >= 0.3 is 0 Å². The van der Waals surface area contributed by atoms with Crippen molar-refractivity contribution in [1.29, 1.82) is 0 Å². The number of nitrogens with zero attached hydrogens (tertiary/aromatic N) is 1. The zero-order chi connectivity index (χ0) is 17.8. The number of benzene rings is 1. The van der Waals surface area contributed by atoms with Gasteiger partial charge in [0, 0.05) is 25.6 Å². The van der Waals surface area contributed by atoms with Gasteiger partial charge in [0.1, 0.15) is 11.5 Å². The van der Waals surface area contributed by atoms with E-state index in [0.29, 0.717) is 43.8 Å². The molecule has 1 fully saturated rings. The summed E-state index contributed by atoms with van der Waals surface area (Å²) in [5, 5.41) is 3.00. The van der Waals surface area contributed by atoms with E-state index in [1.54, 1.807) is 6.07 Å². The number of likely N-dealkylation sites (tertiary alicyclic amines) is 1. The van der Waals surface area contributed by atoms with Gasteiger partial charge < -0.3 is 14.6 Å². The van der Waals surface area contributed by atoms with Crippen LogP contribution in [0, 0.1) is 19.8 Å². The Kier molecular flexibility index (Phi) is 5.22. The molecule has 0 radical (unpaired) electrons. The molecule has 0 aliphatic carbocycles. The quantitative estimate of drug-likeness (QED) is 0.930. The number of furan rings is 1. The van der Waals surface area contributed by atoms with E-state index in [1.165, 1.54) is 0 Å². The Morgan fingerprint density at radius 3 is 2.44 bits per heavy atom. The summed E-state index contributed by atoms with van der Waals surface area (Å²) >= 11 is 0. The summed E-state index contributed by atoms with van der Waals surface area (Å²) in [5.74, 6) is 1.45. The van der Waals surface area contributed by atoms with Gasteiger partial charge in [-0.3, -0.25) is 9.59 Å². The second kappa shape index (κ2) is 7.55. The molecular formula is C20H24N2O3. The van der Waals surface area contributed by atoms with Gasteiger partial charge in [-0.05, 0) is 38.3 Å². The number of piperidine rings is 1. The van der Waals surface area contributed by atoms with Crippen molar-refractivity contribution in [1.82, 2.24) is 10.2 Å². The van der Waals surface area contributed by atoms with Crippen molar-refractivity contribution in [3.05, 3.63) is 59.0 Å². The van der Waals surface area contributed by atoms with E-state index in [4.69, 9.17) is 4.42 Å². The van der Waals surface area contributed by atoms with Crippen LogP contribution in [-0.2, 0) is 11.3 Å². The normalized spacial score (nSPS) is 15.2. The molecule has 0 saturated carbocycles. The maximum Gasteiger partial charge on any atom is 0.257 e. The molecule has 0 unspecified atom stereocenters. The van der Waals surface area contributed by atoms with Gasteiger partial charge in [-0.1, -0.05) is 30.3 Å². The third-order valence-electron chi connectivity index (χ3n) is 4.73. The van der Waals surface area contributed by atoms with Gasteiger partial charge in [0.05, 0.1) is 5.56 Å². The van der Waals surface area contributed by atoms with Crippen LogP contribution < -0.4 is 5.32 Å². The van der Waals surface area contributed by atoms with E-state index >= 15 is 0 Å². The largest absolute Gasteiger partial charge is 0.466 e. The van der Waals surface area contributed by atoms with Crippen molar-refractivity contribution < 1.29 is 14.0 Å². The van der Waals surface area contributed by atoms with E-state index in [-0.39, 0.29) is 17.7 Å². The number of nitrogens with one attached hydrogen (secondary N) is 1. The van der Waals surface area contributed by atoms with Crippen LogP contribution in [-0.4, -0.2) is 29.8 Å². The molecule has 1 aromatic heterocycles. The second-order valence-electron chi connectivity index (χ2n) is 6.60. The smallest absolute Gasteiger partial charge is 0.257 e. The molecule has 1 aromatic carbocycles. The van der Waals surface area contributed by atoms with Crippen LogP contribution in [0.4, 0.5) is 0 Å². The maximum absolute atomic E-state index is 12.6. The first-order valence-electron chi connectivity index (χ1n) is 8.72. The molecule has 0 atom stereocenters. The summed E-state index contributed by atoms with van der Waals surface area (Å²) in [5.41, 5.74) is 1.72.